The maximum absolute atomic E-state index is 13.7. The predicted molar refractivity (Wildman–Crippen MR) is 106 cm³/mol. The number of hydrazine groups is 1. The molecule has 128 valence electrons. The smallest absolute Gasteiger partial charge is 0.217 e. The summed E-state index contributed by atoms with van der Waals surface area (Å²) in [5, 5.41) is 5.02. The standard InChI is InChI=1S/C19H17Cl2N2OP/c20-17-10-6-11-18(21)16(17)13-14-7-4-5-12-19(14)25(24,23-22)15-8-2-1-3-9-15/h1-12H,13,22H2,(H,23,24). The Bertz CT molecular complexity index is 911. The Balaban J connectivity index is 2.12. The van der Waals surface area contributed by atoms with Gasteiger partial charge in [0.15, 0.2) is 0 Å². The van der Waals surface area contributed by atoms with Crippen molar-refractivity contribution in [2.24, 2.45) is 5.84 Å². The molecule has 0 aromatic heterocycles. The first-order valence-electron chi connectivity index (χ1n) is 7.71. The third-order valence-corrected chi connectivity index (χ3v) is 7.27. The van der Waals surface area contributed by atoms with Crippen molar-refractivity contribution in [2.45, 2.75) is 6.42 Å². The molecule has 0 aliphatic rings. The van der Waals surface area contributed by atoms with Crippen LogP contribution in [0.15, 0.2) is 72.8 Å². The highest BCUT2D eigenvalue weighted by Gasteiger charge is 2.28. The molecule has 0 saturated heterocycles. The van der Waals surface area contributed by atoms with E-state index in [0.717, 1.165) is 11.1 Å². The summed E-state index contributed by atoms with van der Waals surface area (Å²) < 4.78 is 13.7. The topological polar surface area (TPSA) is 55.1 Å². The lowest BCUT2D eigenvalue weighted by Gasteiger charge is -2.21. The molecule has 0 bridgehead atoms. The zero-order valence-electron chi connectivity index (χ0n) is 13.3. The van der Waals surface area contributed by atoms with Gasteiger partial charge in [0.05, 0.1) is 0 Å². The normalized spacial score (nSPS) is 13.4. The second-order valence-corrected chi connectivity index (χ2v) is 8.87. The molecule has 1 unspecified atom stereocenters. The Morgan fingerprint density at radius 1 is 0.840 bits per heavy atom. The van der Waals surface area contributed by atoms with E-state index in [1.807, 2.05) is 42.5 Å². The fourth-order valence-corrected chi connectivity index (χ4v) is 5.32. The molecule has 0 heterocycles. The first kappa shape index (κ1) is 18.2. The van der Waals surface area contributed by atoms with Crippen molar-refractivity contribution >= 4 is 41.1 Å². The van der Waals surface area contributed by atoms with E-state index >= 15 is 0 Å². The Morgan fingerprint density at radius 2 is 1.44 bits per heavy atom. The minimum absolute atomic E-state index is 0.465. The number of benzene rings is 3. The number of nitrogens with two attached hydrogens (primary N) is 1. The van der Waals surface area contributed by atoms with Crippen molar-refractivity contribution in [3.8, 4) is 0 Å². The van der Waals surface area contributed by atoms with Gasteiger partial charge in [-0.15, -0.1) is 0 Å². The van der Waals surface area contributed by atoms with Gasteiger partial charge in [-0.1, -0.05) is 65.7 Å². The summed E-state index contributed by atoms with van der Waals surface area (Å²) in [6.07, 6.45) is 0.465. The lowest BCUT2D eigenvalue weighted by molar-refractivity contribution is 0.579. The molecule has 25 heavy (non-hydrogen) atoms. The van der Waals surface area contributed by atoms with Gasteiger partial charge in [0.25, 0.3) is 0 Å². The zero-order chi connectivity index (χ0) is 17.9. The van der Waals surface area contributed by atoms with Crippen molar-refractivity contribution in [3.63, 3.8) is 0 Å². The number of rotatable bonds is 5. The van der Waals surface area contributed by atoms with Crippen LogP contribution in [0.5, 0.6) is 0 Å². The summed E-state index contributed by atoms with van der Waals surface area (Å²) in [4.78, 5) is 0. The molecule has 1 atom stereocenters. The van der Waals surface area contributed by atoms with E-state index in [1.165, 1.54) is 0 Å². The number of halogens is 2. The molecule has 3 rings (SSSR count). The molecule has 3 aromatic rings. The Morgan fingerprint density at radius 3 is 2.08 bits per heavy atom. The van der Waals surface area contributed by atoms with Gasteiger partial charge in [0.1, 0.15) is 0 Å². The van der Waals surface area contributed by atoms with Crippen molar-refractivity contribution in [1.29, 1.82) is 0 Å². The van der Waals surface area contributed by atoms with Crippen LogP contribution in [0.1, 0.15) is 11.1 Å². The maximum Gasteiger partial charge on any atom is 0.217 e. The Kier molecular flexibility index (Phi) is 5.63. The predicted octanol–water partition coefficient (Wildman–Crippen LogP) is 4.28. The third-order valence-electron chi connectivity index (χ3n) is 4.06. The first-order valence-corrected chi connectivity index (χ1v) is 10.2. The van der Waals surface area contributed by atoms with Crippen LogP contribution >= 0.6 is 30.5 Å². The van der Waals surface area contributed by atoms with Crippen LogP contribution in [-0.2, 0) is 11.0 Å². The van der Waals surface area contributed by atoms with Gasteiger partial charge in [-0.05, 0) is 41.5 Å². The molecule has 0 amide bonds. The summed E-state index contributed by atoms with van der Waals surface area (Å²) >= 11 is 12.6. The fraction of sp³-hybridized carbons (Fsp3) is 0.0526. The largest absolute Gasteiger partial charge is 0.295 e. The molecule has 3 nitrogen and oxygen atoms in total. The highest BCUT2D eigenvalue weighted by molar-refractivity contribution is 7.76. The minimum Gasteiger partial charge on any atom is -0.295 e. The van der Waals surface area contributed by atoms with Gasteiger partial charge in [-0.3, -0.25) is 10.4 Å². The van der Waals surface area contributed by atoms with E-state index in [1.54, 1.807) is 30.3 Å². The molecule has 3 aromatic carbocycles. The molecule has 0 saturated carbocycles. The van der Waals surface area contributed by atoms with Crippen LogP contribution < -0.4 is 21.6 Å². The molecule has 0 fully saturated rings. The van der Waals surface area contributed by atoms with E-state index in [0.29, 0.717) is 27.1 Å². The van der Waals surface area contributed by atoms with Crippen molar-refractivity contribution in [1.82, 2.24) is 5.20 Å². The Labute approximate surface area is 157 Å². The van der Waals surface area contributed by atoms with Crippen LogP contribution in [0.4, 0.5) is 0 Å². The van der Waals surface area contributed by atoms with Gasteiger partial charge >= 0.3 is 0 Å². The van der Waals surface area contributed by atoms with Crippen LogP contribution in [0.3, 0.4) is 0 Å². The van der Waals surface area contributed by atoms with E-state index < -0.39 is 7.29 Å². The van der Waals surface area contributed by atoms with Crippen molar-refractivity contribution in [3.05, 3.63) is 94.0 Å². The van der Waals surface area contributed by atoms with Gasteiger partial charge in [0.2, 0.25) is 7.29 Å². The highest BCUT2D eigenvalue weighted by Crippen LogP contribution is 2.39. The summed E-state index contributed by atoms with van der Waals surface area (Å²) in [6.45, 7) is 0. The average molecular weight is 391 g/mol. The molecule has 0 spiro atoms. The van der Waals surface area contributed by atoms with E-state index in [4.69, 9.17) is 29.0 Å². The van der Waals surface area contributed by atoms with Crippen LogP contribution in [-0.4, -0.2) is 0 Å². The summed E-state index contributed by atoms with van der Waals surface area (Å²) in [5.41, 5.74) is 1.66. The van der Waals surface area contributed by atoms with Gasteiger partial charge < -0.3 is 0 Å². The lowest BCUT2D eigenvalue weighted by atomic mass is 10.0. The average Bonchev–Trinajstić information content (AvgIpc) is 2.65. The third kappa shape index (κ3) is 3.67. The second kappa shape index (κ2) is 7.74. The first-order chi connectivity index (χ1) is 12.1. The number of nitrogens with one attached hydrogen (secondary N) is 1. The van der Waals surface area contributed by atoms with E-state index in [-0.39, 0.29) is 0 Å². The fourth-order valence-electron chi connectivity index (χ4n) is 2.78. The molecular formula is C19H17Cl2N2OP. The van der Waals surface area contributed by atoms with Gasteiger partial charge in [-0.2, -0.15) is 5.20 Å². The Hall–Kier alpha value is -1.61. The van der Waals surface area contributed by atoms with E-state index in [9.17, 15) is 4.57 Å². The minimum atomic E-state index is -3.17. The summed E-state index contributed by atoms with van der Waals surface area (Å²) in [7, 11) is -3.17. The molecule has 0 aliphatic carbocycles. The lowest BCUT2D eigenvalue weighted by Crippen LogP contribution is -2.33. The highest BCUT2D eigenvalue weighted by atomic mass is 35.5. The summed E-state index contributed by atoms with van der Waals surface area (Å²) in [6, 6.07) is 22.0. The number of hydrogen-bond donors (Lipinski definition) is 2. The van der Waals surface area contributed by atoms with Crippen LogP contribution in [0.2, 0.25) is 10.0 Å². The van der Waals surface area contributed by atoms with E-state index in [2.05, 4.69) is 5.20 Å². The molecular weight excluding hydrogens is 374 g/mol. The van der Waals surface area contributed by atoms with Crippen LogP contribution in [0, 0.1) is 0 Å². The molecule has 0 aliphatic heterocycles. The SMILES string of the molecule is NNP(=O)(c1ccccc1)c1ccccc1Cc1c(Cl)cccc1Cl. The van der Waals surface area contributed by atoms with Gasteiger partial charge in [-0.25, -0.2) is 0 Å². The molecule has 6 heteroatoms. The maximum atomic E-state index is 13.7. The monoisotopic (exact) mass is 390 g/mol. The zero-order valence-corrected chi connectivity index (χ0v) is 15.7. The summed E-state index contributed by atoms with van der Waals surface area (Å²) in [5.74, 6) is 5.73. The van der Waals surface area contributed by atoms with Crippen molar-refractivity contribution < 1.29 is 4.57 Å². The molecule has 3 N–H and O–H groups in total. The second-order valence-electron chi connectivity index (χ2n) is 5.58. The van der Waals surface area contributed by atoms with Crippen molar-refractivity contribution in [2.75, 3.05) is 0 Å². The number of hydrogen-bond acceptors (Lipinski definition) is 2. The van der Waals surface area contributed by atoms with Crippen LogP contribution in [0.25, 0.3) is 0 Å². The quantitative estimate of drug-likeness (QED) is 0.388. The van der Waals surface area contributed by atoms with Gasteiger partial charge in [0, 0.05) is 27.1 Å². The molecule has 0 radical (unpaired) electrons.